The van der Waals surface area contributed by atoms with Gasteiger partial charge in [0, 0.05) is 11.9 Å². The Bertz CT molecular complexity index is 746. The van der Waals surface area contributed by atoms with E-state index in [4.69, 9.17) is 0 Å². The van der Waals surface area contributed by atoms with Crippen LogP contribution in [-0.2, 0) is 19.3 Å². The molecule has 2 rings (SSSR count). The molecule has 2 N–H and O–H groups in total. The predicted octanol–water partition coefficient (Wildman–Crippen LogP) is 4.48. The molecule has 144 valence electrons. The second kappa shape index (κ2) is 10.0. The molecule has 1 aromatic carbocycles. The van der Waals surface area contributed by atoms with Gasteiger partial charge < -0.3 is 10.6 Å². The summed E-state index contributed by atoms with van der Waals surface area (Å²) in [6.45, 7) is 4.61. The van der Waals surface area contributed by atoms with Gasteiger partial charge in [-0.3, -0.25) is 0 Å². The van der Waals surface area contributed by atoms with Gasteiger partial charge in [0.15, 0.2) is 11.7 Å². The standard InChI is InChI=1S/C16H18F4N4S.HI/c1-3-21-15(22-7-11-4-5-12(17)10(2)6-11)23-8-14-24-13(9-25-14)16(18,19)20;/h4-6,9H,3,7-8H2,1-2H3,(H2,21,22,23);1H. The molecule has 0 amide bonds. The SMILES string of the molecule is CCNC(=NCc1ccc(F)c(C)c1)NCc1nc(C(F)(F)F)cs1.I. The smallest absolute Gasteiger partial charge is 0.357 e. The summed E-state index contributed by atoms with van der Waals surface area (Å²) in [5.41, 5.74) is 0.482. The number of alkyl halides is 3. The number of halogens is 5. The highest BCUT2D eigenvalue weighted by atomic mass is 127. The van der Waals surface area contributed by atoms with Crippen molar-refractivity contribution in [3.63, 3.8) is 0 Å². The van der Waals surface area contributed by atoms with E-state index in [9.17, 15) is 17.6 Å². The molecule has 2 aromatic rings. The number of aliphatic imine (C=N–C) groups is 1. The van der Waals surface area contributed by atoms with Crippen molar-refractivity contribution in [1.29, 1.82) is 0 Å². The van der Waals surface area contributed by atoms with Gasteiger partial charge in [-0.05, 0) is 31.0 Å². The molecular formula is C16H19F4IN4S. The quantitative estimate of drug-likeness (QED) is 0.275. The lowest BCUT2D eigenvalue weighted by Gasteiger charge is -2.10. The molecule has 1 heterocycles. The van der Waals surface area contributed by atoms with E-state index in [0.29, 0.717) is 29.6 Å². The van der Waals surface area contributed by atoms with Gasteiger partial charge in [0.25, 0.3) is 0 Å². The summed E-state index contributed by atoms with van der Waals surface area (Å²) in [5.74, 6) is 0.176. The molecular weight excluding hydrogens is 483 g/mol. The van der Waals surface area contributed by atoms with E-state index in [2.05, 4.69) is 20.6 Å². The molecule has 0 aliphatic rings. The summed E-state index contributed by atoms with van der Waals surface area (Å²) in [6.07, 6.45) is -4.44. The maximum Gasteiger partial charge on any atom is 0.434 e. The lowest BCUT2D eigenvalue weighted by atomic mass is 10.1. The third kappa shape index (κ3) is 6.71. The van der Waals surface area contributed by atoms with Crippen LogP contribution in [0.15, 0.2) is 28.6 Å². The third-order valence-electron chi connectivity index (χ3n) is 3.24. The van der Waals surface area contributed by atoms with E-state index in [1.54, 1.807) is 19.1 Å². The zero-order chi connectivity index (χ0) is 18.4. The molecule has 0 aliphatic heterocycles. The lowest BCUT2D eigenvalue weighted by molar-refractivity contribution is -0.140. The van der Waals surface area contributed by atoms with Crippen LogP contribution in [0.1, 0.15) is 28.8 Å². The van der Waals surface area contributed by atoms with Crippen LogP contribution >= 0.6 is 35.3 Å². The first-order valence-corrected chi connectivity index (χ1v) is 8.46. The minimum atomic E-state index is -4.44. The van der Waals surface area contributed by atoms with E-state index in [1.807, 2.05) is 6.92 Å². The topological polar surface area (TPSA) is 49.3 Å². The van der Waals surface area contributed by atoms with Crippen molar-refractivity contribution in [2.24, 2.45) is 4.99 Å². The summed E-state index contributed by atoms with van der Waals surface area (Å²) in [6, 6.07) is 4.74. The zero-order valence-electron chi connectivity index (χ0n) is 14.2. The Morgan fingerprint density at radius 3 is 2.58 bits per heavy atom. The minimum absolute atomic E-state index is 0. The fourth-order valence-corrected chi connectivity index (χ4v) is 2.74. The molecule has 10 heteroatoms. The number of aryl methyl sites for hydroxylation is 1. The van der Waals surface area contributed by atoms with Crippen molar-refractivity contribution in [3.8, 4) is 0 Å². The van der Waals surface area contributed by atoms with E-state index >= 15 is 0 Å². The Kier molecular flexibility index (Phi) is 8.74. The van der Waals surface area contributed by atoms with Crippen LogP contribution in [0, 0.1) is 12.7 Å². The number of aromatic nitrogens is 1. The van der Waals surface area contributed by atoms with Crippen molar-refractivity contribution >= 4 is 41.3 Å². The summed E-state index contributed by atoms with van der Waals surface area (Å²) >= 11 is 0.936. The van der Waals surface area contributed by atoms with Gasteiger partial charge in [-0.25, -0.2) is 14.4 Å². The van der Waals surface area contributed by atoms with Crippen molar-refractivity contribution in [1.82, 2.24) is 15.6 Å². The van der Waals surface area contributed by atoms with Gasteiger partial charge in [-0.2, -0.15) is 13.2 Å². The largest absolute Gasteiger partial charge is 0.434 e. The maximum atomic E-state index is 13.3. The van der Waals surface area contributed by atoms with E-state index in [1.165, 1.54) is 6.07 Å². The highest BCUT2D eigenvalue weighted by molar-refractivity contribution is 14.0. The first-order valence-electron chi connectivity index (χ1n) is 7.58. The average Bonchev–Trinajstić information content (AvgIpc) is 3.02. The van der Waals surface area contributed by atoms with Gasteiger partial charge in [-0.15, -0.1) is 35.3 Å². The molecule has 0 aliphatic carbocycles. The molecule has 0 radical (unpaired) electrons. The van der Waals surface area contributed by atoms with Gasteiger partial charge in [-0.1, -0.05) is 12.1 Å². The molecule has 1 aromatic heterocycles. The number of rotatable bonds is 5. The highest BCUT2D eigenvalue weighted by Gasteiger charge is 2.33. The monoisotopic (exact) mass is 502 g/mol. The molecule has 0 saturated heterocycles. The molecule has 0 atom stereocenters. The highest BCUT2D eigenvalue weighted by Crippen LogP contribution is 2.29. The third-order valence-corrected chi connectivity index (χ3v) is 4.08. The van der Waals surface area contributed by atoms with E-state index in [0.717, 1.165) is 22.3 Å². The van der Waals surface area contributed by atoms with E-state index in [-0.39, 0.29) is 36.3 Å². The van der Waals surface area contributed by atoms with Crippen LogP contribution < -0.4 is 10.6 Å². The van der Waals surface area contributed by atoms with Gasteiger partial charge in [0.1, 0.15) is 10.8 Å². The number of thiazole rings is 1. The Morgan fingerprint density at radius 1 is 1.27 bits per heavy atom. The molecule has 4 nitrogen and oxygen atoms in total. The second-order valence-corrected chi connectivity index (χ2v) is 6.20. The van der Waals surface area contributed by atoms with Crippen molar-refractivity contribution in [3.05, 3.63) is 51.2 Å². The van der Waals surface area contributed by atoms with Crippen LogP contribution in [0.25, 0.3) is 0 Å². The van der Waals surface area contributed by atoms with Gasteiger partial charge in [0.05, 0.1) is 13.1 Å². The fraction of sp³-hybridized carbons (Fsp3) is 0.375. The first-order chi connectivity index (χ1) is 11.8. The van der Waals surface area contributed by atoms with Crippen LogP contribution in [0.5, 0.6) is 0 Å². The van der Waals surface area contributed by atoms with Crippen molar-refractivity contribution < 1.29 is 17.6 Å². The molecule has 0 spiro atoms. The number of nitrogens with one attached hydrogen (secondary N) is 2. The Morgan fingerprint density at radius 2 is 2.00 bits per heavy atom. The number of guanidine groups is 1. The molecule has 26 heavy (non-hydrogen) atoms. The Balaban J connectivity index is 0.00000338. The fourth-order valence-electron chi connectivity index (χ4n) is 2.00. The van der Waals surface area contributed by atoms with Crippen molar-refractivity contribution in [2.45, 2.75) is 33.1 Å². The zero-order valence-corrected chi connectivity index (χ0v) is 17.3. The second-order valence-electron chi connectivity index (χ2n) is 5.26. The molecule has 0 bridgehead atoms. The Hall–Kier alpha value is -1.43. The summed E-state index contributed by atoms with van der Waals surface area (Å²) < 4.78 is 50.9. The van der Waals surface area contributed by atoms with Crippen LogP contribution in [0.3, 0.4) is 0 Å². The van der Waals surface area contributed by atoms with Gasteiger partial charge in [0.2, 0.25) is 0 Å². The summed E-state index contributed by atoms with van der Waals surface area (Å²) in [5, 5.41) is 7.25. The minimum Gasteiger partial charge on any atom is -0.357 e. The maximum absolute atomic E-state index is 13.3. The first kappa shape index (κ1) is 22.6. The average molecular weight is 502 g/mol. The van der Waals surface area contributed by atoms with Crippen LogP contribution in [-0.4, -0.2) is 17.5 Å². The van der Waals surface area contributed by atoms with Crippen LogP contribution in [0.2, 0.25) is 0 Å². The summed E-state index contributed by atoms with van der Waals surface area (Å²) in [4.78, 5) is 7.91. The van der Waals surface area contributed by atoms with Crippen LogP contribution in [0.4, 0.5) is 17.6 Å². The lowest BCUT2D eigenvalue weighted by Crippen LogP contribution is -2.36. The normalized spacial score (nSPS) is 11.8. The predicted molar refractivity (Wildman–Crippen MR) is 105 cm³/mol. The van der Waals surface area contributed by atoms with Crippen molar-refractivity contribution in [2.75, 3.05) is 6.54 Å². The Labute approximate surface area is 170 Å². The molecule has 0 unspecified atom stereocenters. The number of benzene rings is 1. The van der Waals surface area contributed by atoms with Gasteiger partial charge >= 0.3 is 6.18 Å². The van der Waals surface area contributed by atoms with E-state index < -0.39 is 11.9 Å². The number of hydrogen-bond acceptors (Lipinski definition) is 3. The summed E-state index contributed by atoms with van der Waals surface area (Å²) in [7, 11) is 0. The molecule has 0 saturated carbocycles. The molecule has 0 fully saturated rings. The number of nitrogens with zero attached hydrogens (tertiary/aromatic N) is 2. The number of hydrogen-bond donors (Lipinski definition) is 2.